The summed E-state index contributed by atoms with van der Waals surface area (Å²) in [6, 6.07) is 4.76. The largest absolute Gasteiger partial charge is 0.380 e. The van der Waals surface area contributed by atoms with E-state index in [0.717, 1.165) is 32.6 Å². The maximum atomic E-state index is 5.46. The number of ether oxygens (including phenoxy) is 1. The number of hydrogen-bond donors (Lipinski definition) is 1. The molecule has 0 aromatic carbocycles. The molecule has 0 fully saturated rings. The SMILES string of the molecule is C=CCCOCCNC(CC)c1cccs1. The lowest BCUT2D eigenvalue weighted by Crippen LogP contribution is -2.24. The molecule has 1 aromatic rings. The van der Waals surface area contributed by atoms with E-state index in [2.05, 4.69) is 36.3 Å². The molecule has 0 saturated carbocycles. The standard InChI is InChI=1S/C13H21NOS/c1-3-5-9-15-10-8-14-12(4-2)13-7-6-11-16-13/h3,6-7,11-12,14H,1,4-5,8-10H2,2H3. The Morgan fingerprint density at radius 1 is 1.56 bits per heavy atom. The number of nitrogens with one attached hydrogen (secondary N) is 1. The van der Waals surface area contributed by atoms with Crippen molar-refractivity contribution in [3.63, 3.8) is 0 Å². The summed E-state index contributed by atoms with van der Waals surface area (Å²) in [5.41, 5.74) is 0. The number of rotatable bonds is 9. The van der Waals surface area contributed by atoms with Crippen LogP contribution in [-0.4, -0.2) is 19.8 Å². The summed E-state index contributed by atoms with van der Waals surface area (Å²) >= 11 is 1.81. The third kappa shape index (κ3) is 4.92. The summed E-state index contributed by atoms with van der Waals surface area (Å²) in [4.78, 5) is 1.41. The Morgan fingerprint density at radius 3 is 3.06 bits per heavy atom. The normalized spacial score (nSPS) is 12.6. The first-order valence-electron chi connectivity index (χ1n) is 5.84. The molecule has 0 radical (unpaired) electrons. The van der Waals surface area contributed by atoms with Crippen molar-refractivity contribution in [2.75, 3.05) is 19.8 Å². The second-order valence-corrected chi connectivity index (χ2v) is 4.60. The van der Waals surface area contributed by atoms with Crippen LogP contribution >= 0.6 is 11.3 Å². The maximum Gasteiger partial charge on any atom is 0.0591 e. The van der Waals surface area contributed by atoms with Crippen molar-refractivity contribution < 1.29 is 4.74 Å². The van der Waals surface area contributed by atoms with E-state index in [9.17, 15) is 0 Å². The Morgan fingerprint density at radius 2 is 2.44 bits per heavy atom. The molecule has 0 aliphatic heterocycles. The zero-order valence-electron chi connectivity index (χ0n) is 9.95. The molecule has 1 heterocycles. The van der Waals surface area contributed by atoms with Crippen molar-refractivity contribution in [2.24, 2.45) is 0 Å². The van der Waals surface area contributed by atoms with Gasteiger partial charge in [-0.05, 0) is 24.3 Å². The monoisotopic (exact) mass is 239 g/mol. The second-order valence-electron chi connectivity index (χ2n) is 3.62. The van der Waals surface area contributed by atoms with Crippen LogP contribution in [0.15, 0.2) is 30.2 Å². The van der Waals surface area contributed by atoms with Crippen LogP contribution in [0.25, 0.3) is 0 Å². The zero-order chi connectivity index (χ0) is 11.6. The summed E-state index contributed by atoms with van der Waals surface area (Å²) in [5.74, 6) is 0. The van der Waals surface area contributed by atoms with Crippen LogP contribution in [0.3, 0.4) is 0 Å². The van der Waals surface area contributed by atoms with E-state index in [1.807, 2.05) is 17.4 Å². The molecule has 90 valence electrons. The van der Waals surface area contributed by atoms with Crippen molar-refractivity contribution in [1.29, 1.82) is 0 Å². The highest BCUT2D eigenvalue weighted by atomic mass is 32.1. The Bertz CT molecular complexity index is 271. The number of thiophene rings is 1. The Hall–Kier alpha value is -0.640. The molecule has 0 spiro atoms. The average molecular weight is 239 g/mol. The lowest BCUT2D eigenvalue weighted by Gasteiger charge is -2.15. The van der Waals surface area contributed by atoms with Crippen molar-refractivity contribution in [2.45, 2.75) is 25.8 Å². The predicted octanol–water partition coefficient (Wildman–Crippen LogP) is 3.38. The van der Waals surface area contributed by atoms with Gasteiger partial charge in [0, 0.05) is 17.5 Å². The molecule has 1 aromatic heterocycles. The minimum absolute atomic E-state index is 0.475. The van der Waals surface area contributed by atoms with Crippen LogP contribution in [0.2, 0.25) is 0 Å². The van der Waals surface area contributed by atoms with E-state index in [1.165, 1.54) is 4.88 Å². The third-order valence-electron chi connectivity index (χ3n) is 2.40. The van der Waals surface area contributed by atoms with Gasteiger partial charge in [-0.25, -0.2) is 0 Å². The van der Waals surface area contributed by atoms with E-state index in [1.54, 1.807) is 0 Å². The second kappa shape index (κ2) is 8.50. The van der Waals surface area contributed by atoms with E-state index < -0.39 is 0 Å². The van der Waals surface area contributed by atoms with Crippen molar-refractivity contribution in [3.05, 3.63) is 35.0 Å². The molecular weight excluding hydrogens is 218 g/mol. The van der Waals surface area contributed by atoms with Gasteiger partial charge < -0.3 is 10.1 Å². The molecule has 3 heteroatoms. The van der Waals surface area contributed by atoms with E-state index in [4.69, 9.17) is 4.74 Å². The van der Waals surface area contributed by atoms with Gasteiger partial charge in [0.15, 0.2) is 0 Å². The van der Waals surface area contributed by atoms with Gasteiger partial charge in [-0.1, -0.05) is 19.1 Å². The quantitative estimate of drug-likeness (QED) is 0.527. The fraction of sp³-hybridized carbons (Fsp3) is 0.538. The first-order chi connectivity index (χ1) is 7.88. The average Bonchev–Trinajstić information content (AvgIpc) is 2.82. The van der Waals surface area contributed by atoms with Crippen molar-refractivity contribution in [1.82, 2.24) is 5.32 Å². The molecule has 1 unspecified atom stereocenters. The molecule has 0 saturated heterocycles. The summed E-state index contributed by atoms with van der Waals surface area (Å²) in [5, 5.41) is 5.63. The van der Waals surface area contributed by atoms with Crippen LogP contribution in [0.1, 0.15) is 30.7 Å². The first-order valence-corrected chi connectivity index (χ1v) is 6.71. The minimum Gasteiger partial charge on any atom is -0.380 e. The van der Waals surface area contributed by atoms with Crippen LogP contribution in [0, 0.1) is 0 Å². The number of hydrogen-bond acceptors (Lipinski definition) is 3. The molecule has 2 nitrogen and oxygen atoms in total. The van der Waals surface area contributed by atoms with Crippen LogP contribution < -0.4 is 5.32 Å². The molecule has 0 amide bonds. The minimum atomic E-state index is 0.475. The molecule has 1 atom stereocenters. The highest BCUT2D eigenvalue weighted by Crippen LogP contribution is 2.21. The summed E-state index contributed by atoms with van der Waals surface area (Å²) in [7, 11) is 0. The van der Waals surface area contributed by atoms with Gasteiger partial charge in [0.2, 0.25) is 0 Å². The molecule has 0 bridgehead atoms. The van der Waals surface area contributed by atoms with Gasteiger partial charge in [-0.3, -0.25) is 0 Å². The van der Waals surface area contributed by atoms with Gasteiger partial charge in [-0.2, -0.15) is 0 Å². The molecule has 1 N–H and O–H groups in total. The molecule has 1 rings (SSSR count). The highest BCUT2D eigenvalue weighted by Gasteiger charge is 2.08. The van der Waals surface area contributed by atoms with Gasteiger partial charge in [0.25, 0.3) is 0 Å². The maximum absolute atomic E-state index is 5.46. The van der Waals surface area contributed by atoms with Gasteiger partial charge in [0.05, 0.1) is 13.2 Å². The molecule has 0 aliphatic rings. The van der Waals surface area contributed by atoms with Crippen LogP contribution in [-0.2, 0) is 4.74 Å². The van der Waals surface area contributed by atoms with Gasteiger partial charge >= 0.3 is 0 Å². The van der Waals surface area contributed by atoms with Gasteiger partial charge in [-0.15, -0.1) is 17.9 Å². The first kappa shape index (κ1) is 13.4. The van der Waals surface area contributed by atoms with Crippen LogP contribution in [0.5, 0.6) is 0 Å². The Labute approximate surface area is 102 Å². The lowest BCUT2D eigenvalue weighted by molar-refractivity contribution is 0.138. The topological polar surface area (TPSA) is 21.3 Å². The zero-order valence-corrected chi connectivity index (χ0v) is 10.8. The Balaban J connectivity index is 2.13. The van der Waals surface area contributed by atoms with Crippen molar-refractivity contribution in [3.8, 4) is 0 Å². The van der Waals surface area contributed by atoms with E-state index in [0.29, 0.717) is 6.04 Å². The highest BCUT2D eigenvalue weighted by molar-refractivity contribution is 7.10. The van der Waals surface area contributed by atoms with Gasteiger partial charge in [0.1, 0.15) is 0 Å². The molecule has 16 heavy (non-hydrogen) atoms. The summed E-state index contributed by atoms with van der Waals surface area (Å²) in [6.45, 7) is 8.33. The predicted molar refractivity (Wildman–Crippen MR) is 71.0 cm³/mol. The molecule has 0 aliphatic carbocycles. The summed E-state index contributed by atoms with van der Waals surface area (Å²) in [6.07, 6.45) is 3.93. The van der Waals surface area contributed by atoms with E-state index in [-0.39, 0.29) is 0 Å². The third-order valence-corrected chi connectivity index (χ3v) is 3.38. The fourth-order valence-electron chi connectivity index (χ4n) is 1.51. The van der Waals surface area contributed by atoms with E-state index >= 15 is 0 Å². The molecular formula is C13H21NOS. The lowest BCUT2D eigenvalue weighted by atomic mass is 10.2. The van der Waals surface area contributed by atoms with Crippen molar-refractivity contribution >= 4 is 11.3 Å². The smallest absolute Gasteiger partial charge is 0.0591 e. The Kier molecular flexibility index (Phi) is 7.14. The summed E-state index contributed by atoms with van der Waals surface area (Å²) < 4.78 is 5.46. The van der Waals surface area contributed by atoms with Crippen LogP contribution in [0.4, 0.5) is 0 Å². The fourth-order valence-corrected chi connectivity index (χ4v) is 2.40.